The molecule has 2 heterocycles. The average molecular weight is 311 g/mol. The van der Waals surface area contributed by atoms with Gasteiger partial charge in [-0.2, -0.15) is 0 Å². The van der Waals surface area contributed by atoms with Crippen molar-refractivity contribution in [2.24, 2.45) is 5.92 Å². The molecule has 5 heteroatoms. The lowest BCUT2D eigenvalue weighted by atomic mass is 10.1. The highest BCUT2D eigenvalue weighted by Crippen LogP contribution is 2.19. The molecule has 1 unspecified atom stereocenters. The molecule has 1 aromatic rings. The lowest BCUT2D eigenvalue weighted by molar-refractivity contribution is 0.0115. The Morgan fingerprint density at radius 3 is 2.76 bits per heavy atom. The standard InChI is InChI=1S/C16H29N3OS/c1-13(2)12-17-10-5-7-15-18-19-16(21-15)9-8-14-6-3-4-11-20-14/h13-14,17H,3-12H2,1-2H3. The van der Waals surface area contributed by atoms with Crippen molar-refractivity contribution < 1.29 is 4.74 Å². The van der Waals surface area contributed by atoms with Gasteiger partial charge < -0.3 is 10.1 Å². The van der Waals surface area contributed by atoms with E-state index in [9.17, 15) is 0 Å². The first-order chi connectivity index (χ1) is 10.2. The summed E-state index contributed by atoms with van der Waals surface area (Å²) < 4.78 is 5.77. The lowest BCUT2D eigenvalue weighted by Crippen LogP contribution is -2.21. The second-order valence-corrected chi connectivity index (χ2v) is 7.46. The zero-order valence-electron chi connectivity index (χ0n) is 13.4. The molecule has 1 aromatic heterocycles. The summed E-state index contributed by atoms with van der Waals surface area (Å²) in [6.45, 7) is 7.58. The molecule has 0 spiro atoms. The second-order valence-electron chi connectivity index (χ2n) is 6.32. The predicted octanol–water partition coefficient (Wildman–Crippen LogP) is 3.22. The highest BCUT2D eigenvalue weighted by atomic mass is 32.1. The third-order valence-corrected chi connectivity index (χ3v) is 4.80. The Kier molecular flexibility index (Phi) is 7.61. The van der Waals surface area contributed by atoms with E-state index in [0.29, 0.717) is 6.10 Å². The Balaban J connectivity index is 1.59. The molecule has 1 N–H and O–H groups in total. The summed E-state index contributed by atoms with van der Waals surface area (Å²) in [4.78, 5) is 0. The van der Waals surface area contributed by atoms with Crippen molar-refractivity contribution in [2.75, 3.05) is 19.7 Å². The van der Waals surface area contributed by atoms with Crippen LogP contribution in [0.2, 0.25) is 0 Å². The van der Waals surface area contributed by atoms with E-state index in [1.54, 1.807) is 11.3 Å². The van der Waals surface area contributed by atoms with Gasteiger partial charge in [0.15, 0.2) is 0 Å². The third-order valence-electron chi connectivity index (χ3n) is 3.76. The van der Waals surface area contributed by atoms with E-state index in [-0.39, 0.29) is 0 Å². The van der Waals surface area contributed by atoms with Crippen molar-refractivity contribution in [3.8, 4) is 0 Å². The Morgan fingerprint density at radius 2 is 2.05 bits per heavy atom. The first-order valence-electron chi connectivity index (χ1n) is 8.37. The van der Waals surface area contributed by atoms with Crippen molar-refractivity contribution in [2.45, 2.75) is 64.9 Å². The van der Waals surface area contributed by atoms with E-state index in [1.165, 1.54) is 29.3 Å². The topological polar surface area (TPSA) is 47.0 Å². The van der Waals surface area contributed by atoms with Crippen LogP contribution in [0.15, 0.2) is 0 Å². The van der Waals surface area contributed by atoms with Gasteiger partial charge in [-0.1, -0.05) is 13.8 Å². The Labute approximate surface area is 132 Å². The molecule has 0 radical (unpaired) electrons. The molecule has 2 rings (SSSR count). The molecule has 1 fully saturated rings. The number of hydrogen-bond donors (Lipinski definition) is 1. The van der Waals surface area contributed by atoms with Crippen molar-refractivity contribution in [3.05, 3.63) is 10.0 Å². The Hall–Kier alpha value is -0.520. The highest BCUT2D eigenvalue weighted by Gasteiger charge is 2.14. The van der Waals surface area contributed by atoms with Crippen molar-refractivity contribution in [3.63, 3.8) is 0 Å². The van der Waals surface area contributed by atoms with Crippen LogP contribution in [-0.2, 0) is 17.6 Å². The van der Waals surface area contributed by atoms with Crippen molar-refractivity contribution >= 4 is 11.3 Å². The molecule has 0 aromatic carbocycles. The average Bonchev–Trinajstić information content (AvgIpc) is 2.93. The van der Waals surface area contributed by atoms with Gasteiger partial charge >= 0.3 is 0 Å². The molecular weight excluding hydrogens is 282 g/mol. The largest absolute Gasteiger partial charge is 0.378 e. The number of aromatic nitrogens is 2. The van der Waals surface area contributed by atoms with E-state index in [2.05, 4.69) is 29.4 Å². The number of rotatable bonds is 9. The summed E-state index contributed by atoms with van der Waals surface area (Å²) in [5.41, 5.74) is 0. The van der Waals surface area contributed by atoms with Crippen LogP contribution in [-0.4, -0.2) is 36.0 Å². The van der Waals surface area contributed by atoms with Gasteiger partial charge in [-0.05, 0) is 51.1 Å². The van der Waals surface area contributed by atoms with Gasteiger partial charge in [-0.3, -0.25) is 0 Å². The number of nitrogens with one attached hydrogen (secondary N) is 1. The molecule has 1 aliphatic heterocycles. The quantitative estimate of drug-likeness (QED) is 0.711. The molecule has 21 heavy (non-hydrogen) atoms. The normalized spacial score (nSPS) is 19.3. The lowest BCUT2D eigenvalue weighted by Gasteiger charge is -2.21. The molecule has 120 valence electrons. The third kappa shape index (κ3) is 6.85. The molecule has 0 aliphatic carbocycles. The zero-order chi connectivity index (χ0) is 14.9. The number of nitrogens with zero attached hydrogens (tertiary/aromatic N) is 2. The molecule has 1 aliphatic rings. The van der Waals surface area contributed by atoms with Gasteiger partial charge in [0.2, 0.25) is 0 Å². The van der Waals surface area contributed by atoms with E-state index < -0.39 is 0 Å². The molecule has 0 amide bonds. The monoisotopic (exact) mass is 311 g/mol. The van der Waals surface area contributed by atoms with E-state index in [4.69, 9.17) is 4.74 Å². The van der Waals surface area contributed by atoms with Gasteiger partial charge in [0.05, 0.1) is 6.10 Å². The summed E-state index contributed by atoms with van der Waals surface area (Å²) in [5.74, 6) is 0.722. The second kappa shape index (κ2) is 9.49. The number of hydrogen-bond acceptors (Lipinski definition) is 5. The maximum absolute atomic E-state index is 5.77. The molecule has 1 saturated heterocycles. The van der Waals surface area contributed by atoms with Crippen LogP contribution < -0.4 is 5.32 Å². The molecule has 4 nitrogen and oxygen atoms in total. The van der Waals surface area contributed by atoms with Crippen molar-refractivity contribution in [1.82, 2.24) is 15.5 Å². The first kappa shape index (κ1) is 16.8. The van der Waals surface area contributed by atoms with E-state index >= 15 is 0 Å². The fraction of sp³-hybridized carbons (Fsp3) is 0.875. The summed E-state index contributed by atoms with van der Waals surface area (Å²) in [7, 11) is 0. The van der Waals surface area contributed by atoms with Gasteiger partial charge in [0.1, 0.15) is 10.0 Å². The zero-order valence-corrected chi connectivity index (χ0v) is 14.3. The van der Waals surface area contributed by atoms with Crippen LogP contribution in [0.3, 0.4) is 0 Å². The minimum Gasteiger partial charge on any atom is -0.378 e. The SMILES string of the molecule is CC(C)CNCCCc1nnc(CCC2CCCCO2)s1. The van der Waals surface area contributed by atoms with Gasteiger partial charge in [0.25, 0.3) is 0 Å². The minimum absolute atomic E-state index is 0.450. The fourth-order valence-electron chi connectivity index (χ4n) is 2.57. The summed E-state index contributed by atoms with van der Waals surface area (Å²) in [6.07, 6.45) is 8.52. The first-order valence-corrected chi connectivity index (χ1v) is 9.19. The minimum atomic E-state index is 0.450. The summed E-state index contributed by atoms with van der Waals surface area (Å²) in [5, 5.41) is 14.5. The molecule has 0 saturated carbocycles. The highest BCUT2D eigenvalue weighted by molar-refractivity contribution is 7.11. The molecule has 0 bridgehead atoms. The maximum atomic E-state index is 5.77. The summed E-state index contributed by atoms with van der Waals surface area (Å²) in [6, 6.07) is 0. The number of ether oxygens (including phenoxy) is 1. The number of aryl methyl sites for hydroxylation is 2. The summed E-state index contributed by atoms with van der Waals surface area (Å²) >= 11 is 1.78. The van der Waals surface area contributed by atoms with Gasteiger partial charge in [-0.25, -0.2) is 0 Å². The Bertz CT molecular complexity index is 389. The van der Waals surface area contributed by atoms with Crippen LogP contribution in [0.25, 0.3) is 0 Å². The van der Waals surface area contributed by atoms with Gasteiger partial charge in [-0.15, -0.1) is 21.5 Å². The van der Waals surface area contributed by atoms with Crippen LogP contribution in [0.5, 0.6) is 0 Å². The van der Waals surface area contributed by atoms with Crippen LogP contribution >= 0.6 is 11.3 Å². The van der Waals surface area contributed by atoms with Crippen LogP contribution in [0.4, 0.5) is 0 Å². The van der Waals surface area contributed by atoms with Crippen LogP contribution in [0.1, 0.15) is 56.0 Å². The maximum Gasteiger partial charge on any atom is 0.117 e. The molecular formula is C16H29N3OS. The predicted molar refractivity (Wildman–Crippen MR) is 87.8 cm³/mol. The smallest absolute Gasteiger partial charge is 0.117 e. The van der Waals surface area contributed by atoms with E-state index in [0.717, 1.165) is 51.3 Å². The fourth-order valence-corrected chi connectivity index (χ4v) is 3.47. The van der Waals surface area contributed by atoms with Crippen LogP contribution in [0, 0.1) is 5.92 Å². The Morgan fingerprint density at radius 1 is 1.24 bits per heavy atom. The van der Waals surface area contributed by atoms with E-state index in [1.807, 2.05) is 0 Å². The molecule has 1 atom stereocenters. The van der Waals surface area contributed by atoms with Gasteiger partial charge in [0, 0.05) is 19.4 Å². The van der Waals surface area contributed by atoms with Crippen molar-refractivity contribution in [1.29, 1.82) is 0 Å².